The number of ether oxygens (including phenoxy) is 1. The summed E-state index contributed by atoms with van der Waals surface area (Å²) in [4.78, 5) is 2.52. The molecule has 0 amide bonds. The van der Waals surface area contributed by atoms with Gasteiger partial charge in [-0.1, -0.05) is 25.1 Å². The van der Waals surface area contributed by atoms with Crippen LogP contribution in [0.15, 0.2) is 24.3 Å². The van der Waals surface area contributed by atoms with Crippen molar-refractivity contribution in [3.63, 3.8) is 0 Å². The predicted octanol–water partition coefficient (Wildman–Crippen LogP) is 3.19. The normalized spacial score (nSPS) is 14.9. The van der Waals surface area contributed by atoms with E-state index in [9.17, 15) is 0 Å². The van der Waals surface area contributed by atoms with E-state index in [-0.39, 0.29) is 0 Å². The molecule has 1 aliphatic heterocycles. The number of rotatable bonds is 9. The zero-order chi connectivity index (χ0) is 14.0. The van der Waals surface area contributed by atoms with Gasteiger partial charge in [0.05, 0.1) is 0 Å². The number of nitrogens with zero attached hydrogens (tertiary/aromatic N) is 1. The molecule has 3 nitrogen and oxygen atoms in total. The minimum absolute atomic E-state index is 0.870. The van der Waals surface area contributed by atoms with Gasteiger partial charge in [-0.15, -0.1) is 0 Å². The van der Waals surface area contributed by atoms with Crippen LogP contribution in [-0.2, 0) is 11.3 Å². The van der Waals surface area contributed by atoms with Crippen LogP contribution in [-0.4, -0.2) is 32.8 Å². The SMILES string of the molecule is CCCOCCCNCc1ccccc1N1CCCC1. The molecular weight excluding hydrogens is 248 g/mol. The van der Waals surface area contributed by atoms with Crippen molar-refractivity contribution in [3.8, 4) is 0 Å². The van der Waals surface area contributed by atoms with Crippen molar-refractivity contribution in [2.75, 3.05) is 37.7 Å². The highest BCUT2D eigenvalue weighted by atomic mass is 16.5. The second-order valence-electron chi connectivity index (χ2n) is 5.47. The molecule has 0 bridgehead atoms. The van der Waals surface area contributed by atoms with Crippen LogP contribution in [0.25, 0.3) is 0 Å². The highest BCUT2D eigenvalue weighted by Gasteiger charge is 2.14. The summed E-state index contributed by atoms with van der Waals surface area (Å²) in [7, 11) is 0. The number of anilines is 1. The lowest BCUT2D eigenvalue weighted by molar-refractivity contribution is 0.132. The standard InChI is InChI=1S/C17H28N2O/c1-2-13-20-14-7-10-18-15-16-8-3-4-9-17(16)19-11-5-6-12-19/h3-4,8-9,18H,2,5-7,10-15H2,1H3. The summed E-state index contributed by atoms with van der Waals surface area (Å²) in [5, 5.41) is 3.54. The largest absolute Gasteiger partial charge is 0.381 e. The van der Waals surface area contributed by atoms with Crippen LogP contribution in [0, 0.1) is 0 Å². The Balaban J connectivity index is 1.72. The summed E-state index contributed by atoms with van der Waals surface area (Å²) in [5.74, 6) is 0. The average molecular weight is 276 g/mol. The molecule has 0 radical (unpaired) electrons. The third kappa shape index (κ3) is 4.80. The second kappa shape index (κ2) is 8.98. The molecule has 1 fully saturated rings. The Bertz CT molecular complexity index is 375. The molecule has 0 atom stereocenters. The summed E-state index contributed by atoms with van der Waals surface area (Å²) in [6, 6.07) is 8.79. The lowest BCUT2D eigenvalue weighted by Gasteiger charge is -2.21. The number of benzene rings is 1. The van der Waals surface area contributed by atoms with Crippen LogP contribution < -0.4 is 10.2 Å². The van der Waals surface area contributed by atoms with Crippen LogP contribution in [0.2, 0.25) is 0 Å². The Hall–Kier alpha value is -1.06. The Labute approximate surface area is 123 Å². The molecule has 112 valence electrons. The highest BCUT2D eigenvalue weighted by molar-refractivity contribution is 5.54. The quantitative estimate of drug-likeness (QED) is 0.701. The number of hydrogen-bond donors (Lipinski definition) is 1. The van der Waals surface area contributed by atoms with Gasteiger partial charge in [-0.05, 0) is 43.9 Å². The Kier molecular flexibility index (Phi) is 6.89. The molecule has 0 aromatic heterocycles. The molecule has 1 N–H and O–H groups in total. The van der Waals surface area contributed by atoms with E-state index in [0.717, 1.165) is 39.1 Å². The monoisotopic (exact) mass is 276 g/mol. The smallest absolute Gasteiger partial charge is 0.0478 e. The first kappa shape index (κ1) is 15.3. The maximum atomic E-state index is 5.49. The molecule has 2 rings (SSSR count). The maximum Gasteiger partial charge on any atom is 0.0478 e. The minimum Gasteiger partial charge on any atom is -0.381 e. The first-order valence-electron chi connectivity index (χ1n) is 8.03. The minimum atomic E-state index is 0.870. The molecule has 0 aliphatic carbocycles. The van der Waals surface area contributed by atoms with Crippen LogP contribution in [0.5, 0.6) is 0 Å². The van der Waals surface area contributed by atoms with Crippen molar-refractivity contribution >= 4 is 5.69 Å². The van der Waals surface area contributed by atoms with Gasteiger partial charge < -0.3 is 15.0 Å². The first-order valence-corrected chi connectivity index (χ1v) is 8.03. The molecule has 1 aromatic carbocycles. The zero-order valence-corrected chi connectivity index (χ0v) is 12.7. The van der Waals surface area contributed by atoms with E-state index < -0.39 is 0 Å². The predicted molar refractivity (Wildman–Crippen MR) is 85.3 cm³/mol. The maximum absolute atomic E-state index is 5.49. The van der Waals surface area contributed by atoms with Crippen molar-refractivity contribution in [2.24, 2.45) is 0 Å². The van der Waals surface area contributed by atoms with E-state index in [1.165, 1.54) is 37.2 Å². The Morgan fingerprint density at radius 1 is 1.15 bits per heavy atom. The third-order valence-corrected chi connectivity index (χ3v) is 3.74. The van der Waals surface area contributed by atoms with Crippen molar-refractivity contribution in [2.45, 2.75) is 39.2 Å². The van der Waals surface area contributed by atoms with Crippen LogP contribution in [0.4, 0.5) is 5.69 Å². The van der Waals surface area contributed by atoms with E-state index in [4.69, 9.17) is 4.74 Å². The molecule has 20 heavy (non-hydrogen) atoms. The number of para-hydroxylation sites is 1. The molecule has 0 spiro atoms. The van der Waals surface area contributed by atoms with E-state index in [2.05, 4.69) is 41.4 Å². The van der Waals surface area contributed by atoms with Gasteiger partial charge in [0.2, 0.25) is 0 Å². The van der Waals surface area contributed by atoms with E-state index in [0.29, 0.717) is 0 Å². The zero-order valence-electron chi connectivity index (χ0n) is 12.7. The molecule has 1 aromatic rings. The van der Waals surface area contributed by atoms with Gasteiger partial charge in [0.1, 0.15) is 0 Å². The summed E-state index contributed by atoms with van der Waals surface area (Å²) < 4.78 is 5.49. The van der Waals surface area contributed by atoms with Gasteiger partial charge in [0.25, 0.3) is 0 Å². The molecule has 3 heteroatoms. The third-order valence-electron chi connectivity index (χ3n) is 3.74. The molecular formula is C17H28N2O. The highest BCUT2D eigenvalue weighted by Crippen LogP contribution is 2.24. The van der Waals surface area contributed by atoms with Crippen molar-refractivity contribution in [1.29, 1.82) is 0 Å². The lowest BCUT2D eigenvalue weighted by atomic mass is 10.1. The molecule has 0 saturated carbocycles. The summed E-state index contributed by atoms with van der Waals surface area (Å²) in [5.41, 5.74) is 2.84. The fourth-order valence-electron chi connectivity index (χ4n) is 2.70. The average Bonchev–Trinajstić information content (AvgIpc) is 3.01. The fourth-order valence-corrected chi connectivity index (χ4v) is 2.70. The van der Waals surface area contributed by atoms with Gasteiger partial charge in [0.15, 0.2) is 0 Å². The van der Waals surface area contributed by atoms with Crippen LogP contribution in [0.1, 0.15) is 38.2 Å². The lowest BCUT2D eigenvalue weighted by Crippen LogP contribution is -2.22. The van der Waals surface area contributed by atoms with Crippen molar-refractivity contribution in [1.82, 2.24) is 5.32 Å². The fraction of sp³-hybridized carbons (Fsp3) is 0.647. The molecule has 1 saturated heterocycles. The number of hydrogen-bond acceptors (Lipinski definition) is 3. The van der Waals surface area contributed by atoms with Gasteiger partial charge in [-0.3, -0.25) is 0 Å². The summed E-state index contributed by atoms with van der Waals surface area (Å²) >= 11 is 0. The van der Waals surface area contributed by atoms with Crippen LogP contribution in [0.3, 0.4) is 0 Å². The molecule has 1 heterocycles. The Morgan fingerprint density at radius 3 is 2.75 bits per heavy atom. The topological polar surface area (TPSA) is 24.5 Å². The van der Waals surface area contributed by atoms with Crippen molar-refractivity contribution < 1.29 is 4.74 Å². The molecule has 0 unspecified atom stereocenters. The van der Waals surface area contributed by atoms with Gasteiger partial charge >= 0.3 is 0 Å². The Morgan fingerprint density at radius 2 is 1.95 bits per heavy atom. The van der Waals surface area contributed by atoms with E-state index in [1.807, 2.05) is 0 Å². The van der Waals surface area contributed by atoms with Gasteiger partial charge in [-0.25, -0.2) is 0 Å². The van der Waals surface area contributed by atoms with E-state index in [1.54, 1.807) is 0 Å². The van der Waals surface area contributed by atoms with Gasteiger partial charge in [0, 0.05) is 38.5 Å². The van der Waals surface area contributed by atoms with E-state index >= 15 is 0 Å². The van der Waals surface area contributed by atoms with Crippen molar-refractivity contribution in [3.05, 3.63) is 29.8 Å². The van der Waals surface area contributed by atoms with Crippen LogP contribution >= 0.6 is 0 Å². The second-order valence-corrected chi connectivity index (χ2v) is 5.47. The first-order chi connectivity index (χ1) is 9.92. The number of nitrogens with one attached hydrogen (secondary N) is 1. The summed E-state index contributed by atoms with van der Waals surface area (Å²) in [6.45, 7) is 8.31. The van der Waals surface area contributed by atoms with Gasteiger partial charge in [-0.2, -0.15) is 0 Å². The molecule has 1 aliphatic rings. The summed E-state index contributed by atoms with van der Waals surface area (Å²) in [6.07, 6.45) is 4.86.